The molecule has 1 amide bonds. The van der Waals surface area contributed by atoms with Crippen LogP contribution < -0.4 is 10.5 Å². The number of ketones is 1. The summed E-state index contributed by atoms with van der Waals surface area (Å²) in [5, 5.41) is 0.467. The fourth-order valence-electron chi connectivity index (χ4n) is 4.94. The maximum absolute atomic E-state index is 13.0. The van der Waals surface area contributed by atoms with E-state index in [-0.39, 0.29) is 22.8 Å². The van der Waals surface area contributed by atoms with E-state index in [1.54, 1.807) is 52.8 Å². The quantitative estimate of drug-likeness (QED) is 0.425. The molecule has 0 fully saturated rings. The number of hydrogen-bond acceptors (Lipinski definition) is 6. The summed E-state index contributed by atoms with van der Waals surface area (Å²) in [5.41, 5.74) is 2.80. The molecule has 0 radical (unpaired) electrons. The molecule has 0 aliphatic carbocycles. The molecule has 0 unspecified atom stereocenters. The van der Waals surface area contributed by atoms with Gasteiger partial charge < -0.3 is 9.64 Å². The molecule has 1 aromatic heterocycles. The molecule has 0 spiro atoms. The second kappa shape index (κ2) is 9.09. The summed E-state index contributed by atoms with van der Waals surface area (Å²) in [5.74, 6) is -0.249. The summed E-state index contributed by atoms with van der Waals surface area (Å²) >= 11 is 0. The zero-order valence-corrected chi connectivity index (χ0v) is 19.9. The lowest BCUT2D eigenvalue weighted by Gasteiger charge is -2.16. The first-order chi connectivity index (χ1) is 16.8. The van der Waals surface area contributed by atoms with Crippen LogP contribution in [-0.2, 0) is 28.9 Å². The molecule has 2 aliphatic heterocycles. The first-order valence-corrected chi connectivity index (χ1v) is 12.0. The van der Waals surface area contributed by atoms with E-state index in [0.29, 0.717) is 36.0 Å². The average molecular weight is 474 g/mol. The lowest BCUT2D eigenvalue weighted by atomic mass is 10.0. The molecule has 2 aromatic carbocycles. The Labute approximate surface area is 202 Å². The third-order valence-electron chi connectivity index (χ3n) is 6.84. The Kier molecular flexibility index (Phi) is 5.96. The lowest BCUT2D eigenvalue weighted by Crippen LogP contribution is -2.26. The number of aryl methyl sites for hydroxylation is 1. The summed E-state index contributed by atoms with van der Waals surface area (Å²) in [4.78, 5) is 56.8. The number of carbonyl (C=O) groups excluding carboxylic acids is 3. The molecule has 0 saturated carbocycles. The van der Waals surface area contributed by atoms with Crippen LogP contribution in [0.2, 0.25) is 0 Å². The molecule has 5 rings (SSSR count). The molecule has 0 saturated heterocycles. The van der Waals surface area contributed by atoms with E-state index in [0.717, 1.165) is 42.8 Å². The van der Waals surface area contributed by atoms with Crippen LogP contribution in [0.15, 0.2) is 41.2 Å². The number of Topliss-reactive ketones (excluding diaryl/α,β-unsaturated/α-hetero) is 1. The first-order valence-electron chi connectivity index (χ1n) is 12.0. The molecular formula is C27H27N3O5. The molecule has 8 heteroatoms. The van der Waals surface area contributed by atoms with Crippen LogP contribution in [0.1, 0.15) is 65.2 Å². The van der Waals surface area contributed by atoms with Gasteiger partial charge in [0.05, 0.1) is 16.5 Å². The predicted octanol–water partition coefficient (Wildman–Crippen LogP) is 3.46. The molecule has 3 heterocycles. The zero-order chi connectivity index (χ0) is 24.7. The number of fused-ring (bicyclic) bond motifs is 3. The van der Waals surface area contributed by atoms with Crippen molar-refractivity contribution in [2.24, 2.45) is 0 Å². The van der Waals surface area contributed by atoms with Crippen LogP contribution in [0.4, 0.5) is 5.69 Å². The number of anilines is 1. The van der Waals surface area contributed by atoms with Crippen molar-refractivity contribution in [2.75, 3.05) is 11.4 Å². The van der Waals surface area contributed by atoms with Crippen molar-refractivity contribution in [2.45, 2.75) is 58.6 Å². The normalized spacial score (nSPS) is 15.8. The minimum atomic E-state index is -0.993. The van der Waals surface area contributed by atoms with Crippen molar-refractivity contribution >= 4 is 34.3 Å². The second-order valence-corrected chi connectivity index (χ2v) is 9.20. The minimum Gasteiger partial charge on any atom is -0.451 e. The standard InChI is InChI=1S/C27H27N3O5/c1-16(25(32)19-8-10-23-18(14-19)11-13-29(23)17(2)31)35-27(34)20-7-9-21-22(15-20)28-24-6-4-3-5-12-30(24)26(21)33/h7-10,14-16H,3-6,11-13H2,1-2H3/t16-/m1/s1. The van der Waals surface area contributed by atoms with Crippen molar-refractivity contribution in [3.05, 3.63) is 69.3 Å². The van der Waals surface area contributed by atoms with Crippen LogP contribution in [-0.4, -0.2) is 39.9 Å². The highest BCUT2D eigenvalue weighted by Crippen LogP contribution is 2.29. The Bertz CT molecular complexity index is 1420. The van der Waals surface area contributed by atoms with Gasteiger partial charge in [-0.25, -0.2) is 9.78 Å². The van der Waals surface area contributed by atoms with Gasteiger partial charge >= 0.3 is 5.97 Å². The molecule has 2 aliphatic rings. The highest BCUT2D eigenvalue weighted by atomic mass is 16.5. The first kappa shape index (κ1) is 23.0. The fourth-order valence-corrected chi connectivity index (χ4v) is 4.94. The maximum atomic E-state index is 13.0. The Morgan fingerprint density at radius 2 is 1.77 bits per heavy atom. The predicted molar refractivity (Wildman–Crippen MR) is 131 cm³/mol. The van der Waals surface area contributed by atoms with Crippen LogP contribution in [0.3, 0.4) is 0 Å². The van der Waals surface area contributed by atoms with Gasteiger partial charge in [-0.2, -0.15) is 0 Å². The lowest BCUT2D eigenvalue weighted by molar-refractivity contribution is -0.116. The average Bonchev–Trinajstić information content (AvgIpc) is 3.13. The van der Waals surface area contributed by atoms with Gasteiger partial charge in [0.25, 0.3) is 5.56 Å². The van der Waals surface area contributed by atoms with Gasteiger partial charge in [0, 0.05) is 37.7 Å². The third kappa shape index (κ3) is 4.24. The van der Waals surface area contributed by atoms with E-state index in [2.05, 4.69) is 4.98 Å². The summed E-state index contributed by atoms with van der Waals surface area (Å²) in [6.45, 7) is 4.32. The van der Waals surface area contributed by atoms with Crippen LogP contribution in [0, 0.1) is 0 Å². The SMILES string of the molecule is CC(=O)N1CCc2cc(C(=O)[C@@H](C)OC(=O)c3ccc4c(=O)n5c(nc4c3)CCCCC5)ccc21. The zero-order valence-electron chi connectivity index (χ0n) is 19.9. The number of amides is 1. The van der Waals surface area contributed by atoms with E-state index in [9.17, 15) is 19.2 Å². The molecule has 35 heavy (non-hydrogen) atoms. The highest BCUT2D eigenvalue weighted by Gasteiger charge is 2.26. The number of nitrogens with zero attached hydrogens (tertiary/aromatic N) is 3. The van der Waals surface area contributed by atoms with Crippen LogP contribution in [0.5, 0.6) is 0 Å². The number of benzene rings is 2. The number of carbonyl (C=O) groups is 3. The van der Waals surface area contributed by atoms with E-state index >= 15 is 0 Å². The Morgan fingerprint density at radius 3 is 2.57 bits per heavy atom. The van der Waals surface area contributed by atoms with Crippen molar-refractivity contribution in [1.82, 2.24) is 9.55 Å². The third-order valence-corrected chi connectivity index (χ3v) is 6.84. The number of hydrogen-bond donors (Lipinski definition) is 0. The van der Waals surface area contributed by atoms with Crippen molar-refractivity contribution in [3.63, 3.8) is 0 Å². The van der Waals surface area contributed by atoms with Gasteiger partial charge in [-0.1, -0.05) is 6.42 Å². The number of ether oxygens (including phenoxy) is 1. The van der Waals surface area contributed by atoms with Crippen molar-refractivity contribution in [3.8, 4) is 0 Å². The monoisotopic (exact) mass is 473 g/mol. The van der Waals surface area contributed by atoms with Gasteiger partial charge in [0.2, 0.25) is 11.7 Å². The minimum absolute atomic E-state index is 0.0336. The van der Waals surface area contributed by atoms with Crippen molar-refractivity contribution < 1.29 is 19.1 Å². The van der Waals surface area contributed by atoms with Gasteiger partial charge in [-0.05, 0) is 68.1 Å². The Morgan fingerprint density at radius 1 is 0.971 bits per heavy atom. The maximum Gasteiger partial charge on any atom is 0.338 e. The number of esters is 1. The van der Waals surface area contributed by atoms with Gasteiger partial charge in [0.15, 0.2) is 6.10 Å². The van der Waals surface area contributed by atoms with E-state index in [4.69, 9.17) is 4.74 Å². The van der Waals surface area contributed by atoms with Gasteiger partial charge in [-0.15, -0.1) is 0 Å². The smallest absolute Gasteiger partial charge is 0.338 e. The largest absolute Gasteiger partial charge is 0.451 e. The fraction of sp³-hybridized carbons (Fsp3) is 0.370. The molecule has 8 nitrogen and oxygen atoms in total. The van der Waals surface area contributed by atoms with Gasteiger partial charge in [0.1, 0.15) is 5.82 Å². The summed E-state index contributed by atoms with van der Waals surface area (Å²) < 4.78 is 7.22. The number of rotatable bonds is 4. The molecule has 0 N–H and O–H groups in total. The van der Waals surface area contributed by atoms with Gasteiger partial charge in [-0.3, -0.25) is 19.0 Å². The number of aromatic nitrogens is 2. The molecule has 1 atom stereocenters. The topological polar surface area (TPSA) is 98.6 Å². The summed E-state index contributed by atoms with van der Waals surface area (Å²) in [7, 11) is 0. The van der Waals surface area contributed by atoms with Crippen LogP contribution in [0.25, 0.3) is 10.9 Å². The van der Waals surface area contributed by atoms with Crippen LogP contribution >= 0.6 is 0 Å². The Balaban J connectivity index is 1.34. The van der Waals surface area contributed by atoms with E-state index < -0.39 is 12.1 Å². The summed E-state index contributed by atoms with van der Waals surface area (Å²) in [6.07, 6.45) is 3.41. The molecule has 0 bridgehead atoms. The summed E-state index contributed by atoms with van der Waals surface area (Å²) in [6, 6.07) is 9.90. The second-order valence-electron chi connectivity index (χ2n) is 9.20. The molecular weight excluding hydrogens is 446 g/mol. The van der Waals surface area contributed by atoms with Crippen molar-refractivity contribution in [1.29, 1.82) is 0 Å². The van der Waals surface area contributed by atoms with E-state index in [1.807, 2.05) is 0 Å². The molecule has 180 valence electrons. The van der Waals surface area contributed by atoms with E-state index in [1.165, 1.54) is 6.92 Å². The Hall–Kier alpha value is -3.81. The molecule has 3 aromatic rings. The highest BCUT2D eigenvalue weighted by molar-refractivity contribution is 6.03.